The quantitative estimate of drug-likeness (QED) is 0.873. The average molecular weight is 308 g/mol. The van der Waals surface area contributed by atoms with Crippen molar-refractivity contribution in [3.8, 4) is 0 Å². The van der Waals surface area contributed by atoms with Crippen LogP contribution in [0.25, 0.3) is 0 Å². The molecular formula is C15H20N2O3S. The van der Waals surface area contributed by atoms with E-state index in [1.54, 1.807) is 4.90 Å². The summed E-state index contributed by atoms with van der Waals surface area (Å²) >= 11 is 0. The SMILES string of the molecule is NC1Cc2ccccc2N(C(=O)CC2CCS(=O)(=O)C2)C1. The molecule has 0 aromatic heterocycles. The van der Waals surface area contributed by atoms with Gasteiger partial charge in [0.15, 0.2) is 9.84 Å². The van der Waals surface area contributed by atoms with Crippen LogP contribution in [-0.2, 0) is 21.1 Å². The standard InChI is InChI=1S/C15H20N2O3S/c16-13-8-12-3-1-2-4-14(12)17(9-13)15(18)7-11-5-6-21(19,20)10-11/h1-4,11,13H,5-10,16H2. The number of para-hydroxylation sites is 1. The maximum Gasteiger partial charge on any atom is 0.227 e. The van der Waals surface area contributed by atoms with Crippen LogP contribution in [0, 0.1) is 5.92 Å². The molecule has 2 atom stereocenters. The van der Waals surface area contributed by atoms with Gasteiger partial charge in [-0.05, 0) is 30.4 Å². The lowest BCUT2D eigenvalue weighted by Gasteiger charge is -2.33. The van der Waals surface area contributed by atoms with E-state index < -0.39 is 9.84 Å². The molecule has 0 radical (unpaired) electrons. The number of fused-ring (bicyclic) bond motifs is 1. The number of hydrogen-bond acceptors (Lipinski definition) is 4. The van der Waals surface area contributed by atoms with E-state index in [0.29, 0.717) is 19.4 Å². The molecular weight excluding hydrogens is 288 g/mol. The molecule has 1 saturated heterocycles. The lowest BCUT2D eigenvalue weighted by atomic mass is 9.97. The van der Waals surface area contributed by atoms with Crippen LogP contribution in [0.4, 0.5) is 5.69 Å². The van der Waals surface area contributed by atoms with Crippen LogP contribution in [0.15, 0.2) is 24.3 Å². The van der Waals surface area contributed by atoms with Gasteiger partial charge in [0, 0.05) is 24.7 Å². The first-order valence-corrected chi connectivity index (χ1v) is 9.11. The zero-order valence-electron chi connectivity index (χ0n) is 11.9. The normalized spacial score (nSPS) is 27.4. The molecule has 1 aromatic carbocycles. The van der Waals surface area contributed by atoms with Crippen LogP contribution < -0.4 is 10.6 Å². The number of carbonyl (C=O) groups is 1. The van der Waals surface area contributed by atoms with Gasteiger partial charge in [0.05, 0.1) is 11.5 Å². The molecule has 2 unspecified atom stereocenters. The summed E-state index contributed by atoms with van der Waals surface area (Å²) in [4.78, 5) is 14.3. The summed E-state index contributed by atoms with van der Waals surface area (Å²) in [6.45, 7) is 0.509. The first-order valence-electron chi connectivity index (χ1n) is 7.29. The van der Waals surface area contributed by atoms with Crippen LogP contribution in [0.5, 0.6) is 0 Å². The monoisotopic (exact) mass is 308 g/mol. The van der Waals surface area contributed by atoms with Crippen LogP contribution in [0.2, 0.25) is 0 Å². The first-order chi connectivity index (χ1) is 9.94. The Balaban J connectivity index is 1.76. The molecule has 1 fully saturated rings. The molecule has 6 heteroatoms. The van der Waals surface area contributed by atoms with Gasteiger partial charge in [0.25, 0.3) is 0 Å². The third-order valence-corrected chi connectivity index (χ3v) is 6.11. The smallest absolute Gasteiger partial charge is 0.227 e. The first kappa shape index (κ1) is 14.5. The van der Waals surface area contributed by atoms with Crippen molar-refractivity contribution < 1.29 is 13.2 Å². The maximum absolute atomic E-state index is 12.5. The largest absolute Gasteiger partial charge is 0.326 e. The van der Waals surface area contributed by atoms with Gasteiger partial charge in [-0.2, -0.15) is 0 Å². The highest BCUT2D eigenvalue weighted by Crippen LogP contribution is 2.29. The second-order valence-electron chi connectivity index (χ2n) is 6.07. The summed E-state index contributed by atoms with van der Waals surface area (Å²) in [5.41, 5.74) is 8.05. The Kier molecular flexibility index (Phi) is 3.75. The minimum Gasteiger partial charge on any atom is -0.326 e. The van der Waals surface area contributed by atoms with Crippen molar-refractivity contribution in [2.75, 3.05) is 23.0 Å². The van der Waals surface area contributed by atoms with Crippen molar-refractivity contribution in [1.29, 1.82) is 0 Å². The molecule has 5 nitrogen and oxygen atoms in total. The Bertz CT molecular complexity index is 657. The van der Waals surface area contributed by atoms with Gasteiger partial charge in [0.2, 0.25) is 5.91 Å². The fourth-order valence-corrected chi connectivity index (χ4v) is 5.11. The van der Waals surface area contributed by atoms with Gasteiger partial charge in [-0.15, -0.1) is 0 Å². The van der Waals surface area contributed by atoms with Crippen molar-refractivity contribution in [3.05, 3.63) is 29.8 Å². The highest BCUT2D eigenvalue weighted by Gasteiger charge is 2.33. The van der Waals surface area contributed by atoms with E-state index in [4.69, 9.17) is 5.73 Å². The predicted molar refractivity (Wildman–Crippen MR) is 81.9 cm³/mol. The van der Waals surface area contributed by atoms with E-state index in [1.165, 1.54) is 0 Å². The number of anilines is 1. The van der Waals surface area contributed by atoms with Crippen molar-refractivity contribution in [2.24, 2.45) is 11.7 Å². The topological polar surface area (TPSA) is 80.5 Å². The van der Waals surface area contributed by atoms with E-state index in [0.717, 1.165) is 17.7 Å². The van der Waals surface area contributed by atoms with Crippen molar-refractivity contribution in [2.45, 2.75) is 25.3 Å². The fourth-order valence-electron chi connectivity index (χ4n) is 3.25. The Morgan fingerprint density at radius 3 is 2.81 bits per heavy atom. The van der Waals surface area contributed by atoms with Crippen LogP contribution in [0.3, 0.4) is 0 Å². The Hall–Kier alpha value is -1.40. The minimum atomic E-state index is -2.94. The van der Waals surface area contributed by atoms with Gasteiger partial charge in [0.1, 0.15) is 0 Å². The molecule has 2 N–H and O–H groups in total. The number of nitrogens with zero attached hydrogens (tertiary/aromatic N) is 1. The Morgan fingerprint density at radius 1 is 1.33 bits per heavy atom. The van der Waals surface area contributed by atoms with E-state index in [1.807, 2.05) is 24.3 Å². The average Bonchev–Trinajstić information content (AvgIpc) is 2.76. The minimum absolute atomic E-state index is 0.0142. The van der Waals surface area contributed by atoms with E-state index >= 15 is 0 Å². The summed E-state index contributed by atoms with van der Waals surface area (Å²) < 4.78 is 23.0. The van der Waals surface area contributed by atoms with Crippen molar-refractivity contribution in [1.82, 2.24) is 0 Å². The summed E-state index contributed by atoms with van der Waals surface area (Å²) in [6.07, 6.45) is 1.66. The van der Waals surface area contributed by atoms with Crippen molar-refractivity contribution in [3.63, 3.8) is 0 Å². The number of amides is 1. The second-order valence-corrected chi connectivity index (χ2v) is 8.30. The number of nitrogens with two attached hydrogens (primary N) is 1. The van der Waals surface area contributed by atoms with Crippen molar-refractivity contribution >= 4 is 21.4 Å². The van der Waals surface area contributed by atoms with E-state index in [2.05, 4.69) is 0 Å². The lowest BCUT2D eigenvalue weighted by molar-refractivity contribution is -0.119. The van der Waals surface area contributed by atoms with E-state index in [9.17, 15) is 13.2 Å². The van der Waals surface area contributed by atoms with Gasteiger partial charge < -0.3 is 10.6 Å². The molecule has 2 aliphatic heterocycles. The summed E-state index contributed by atoms with van der Waals surface area (Å²) in [6, 6.07) is 7.73. The number of rotatable bonds is 2. The van der Waals surface area contributed by atoms with Gasteiger partial charge in [-0.25, -0.2) is 8.42 Å². The van der Waals surface area contributed by atoms with Gasteiger partial charge >= 0.3 is 0 Å². The number of hydrogen-bond donors (Lipinski definition) is 1. The third kappa shape index (κ3) is 3.11. The fraction of sp³-hybridized carbons (Fsp3) is 0.533. The molecule has 3 rings (SSSR count). The van der Waals surface area contributed by atoms with E-state index in [-0.39, 0.29) is 29.4 Å². The van der Waals surface area contributed by atoms with Gasteiger partial charge in [-0.3, -0.25) is 4.79 Å². The molecule has 114 valence electrons. The molecule has 2 heterocycles. The molecule has 0 bridgehead atoms. The van der Waals surface area contributed by atoms with Crippen LogP contribution >= 0.6 is 0 Å². The van der Waals surface area contributed by atoms with Crippen LogP contribution in [-0.4, -0.2) is 38.4 Å². The molecule has 1 amide bonds. The maximum atomic E-state index is 12.5. The zero-order valence-corrected chi connectivity index (χ0v) is 12.7. The summed E-state index contributed by atoms with van der Waals surface area (Å²) in [5.74, 6) is 0.286. The second kappa shape index (κ2) is 5.42. The zero-order chi connectivity index (χ0) is 15.0. The highest BCUT2D eigenvalue weighted by atomic mass is 32.2. The lowest BCUT2D eigenvalue weighted by Crippen LogP contribution is -2.46. The predicted octanol–water partition coefficient (Wildman–Crippen LogP) is 0.728. The summed E-state index contributed by atoms with van der Waals surface area (Å²) in [5, 5.41) is 0. The molecule has 21 heavy (non-hydrogen) atoms. The Labute approximate surface area is 125 Å². The van der Waals surface area contributed by atoms with Crippen LogP contribution in [0.1, 0.15) is 18.4 Å². The summed E-state index contributed by atoms with van der Waals surface area (Å²) in [7, 11) is -2.94. The third-order valence-electron chi connectivity index (χ3n) is 4.27. The number of benzene rings is 1. The highest BCUT2D eigenvalue weighted by molar-refractivity contribution is 7.91. The molecule has 2 aliphatic rings. The number of carbonyl (C=O) groups excluding carboxylic acids is 1. The molecule has 0 aliphatic carbocycles. The molecule has 0 saturated carbocycles. The number of sulfone groups is 1. The molecule has 0 spiro atoms. The Morgan fingerprint density at radius 2 is 2.10 bits per heavy atom. The molecule has 1 aromatic rings. The van der Waals surface area contributed by atoms with Gasteiger partial charge in [-0.1, -0.05) is 18.2 Å².